The Kier molecular flexibility index (Phi) is 5.48. The maximum atomic E-state index is 12.3. The second kappa shape index (κ2) is 7.55. The highest BCUT2D eigenvalue weighted by Gasteiger charge is 2.14. The van der Waals surface area contributed by atoms with Gasteiger partial charge in [0.05, 0.1) is 17.6 Å². The van der Waals surface area contributed by atoms with Crippen LogP contribution in [0.1, 0.15) is 0 Å². The van der Waals surface area contributed by atoms with Crippen molar-refractivity contribution < 1.29 is 9.53 Å². The number of aromatic nitrogens is 2. The van der Waals surface area contributed by atoms with Crippen molar-refractivity contribution in [3.05, 3.63) is 57.6 Å². The fourth-order valence-corrected chi connectivity index (χ4v) is 2.33. The first kappa shape index (κ1) is 16.7. The summed E-state index contributed by atoms with van der Waals surface area (Å²) >= 11 is 0. The summed E-state index contributed by atoms with van der Waals surface area (Å²) in [7, 11) is 1.53. The van der Waals surface area contributed by atoms with E-state index >= 15 is 0 Å². The van der Waals surface area contributed by atoms with Crippen LogP contribution in [-0.4, -0.2) is 35.3 Å². The van der Waals surface area contributed by atoms with Gasteiger partial charge in [0.25, 0.3) is 0 Å². The monoisotopic (exact) mass is 317 g/mol. The summed E-state index contributed by atoms with van der Waals surface area (Å²) in [5.41, 5.74) is -0.289. The van der Waals surface area contributed by atoms with Crippen molar-refractivity contribution >= 4 is 16.9 Å². The molecule has 1 aromatic carbocycles. The van der Waals surface area contributed by atoms with E-state index < -0.39 is 11.1 Å². The predicted octanol–water partition coefficient (Wildman–Crippen LogP) is 0.112. The summed E-state index contributed by atoms with van der Waals surface area (Å²) in [5, 5.41) is 2.63. The molecule has 122 valence electrons. The zero-order chi connectivity index (χ0) is 16.8. The van der Waals surface area contributed by atoms with Gasteiger partial charge >= 0.3 is 11.1 Å². The van der Waals surface area contributed by atoms with Crippen LogP contribution in [0.4, 0.5) is 0 Å². The molecule has 7 nitrogen and oxygen atoms in total. The maximum Gasteiger partial charge on any atom is 0.317 e. The first-order valence-corrected chi connectivity index (χ1v) is 7.19. The summed E-state index contributed by atoms with van der Waals surface area (Å²) < 4.78 is 7.40. The fraction of sp³-hybridized carbons (Fsp3) is 0.312. The van der Waals surface area contributed by atoms with Crippen molar-refractivity contribution in [2.45, 2.75) is 13.1 Å². The fourth-order valence-electron chi connectivity index (χ4n) is 2.33. The molecule has 2 rings (SSSR count). The summed E-state index contributed by atoms with van der Waals surface area (Å²) in [6, 6.07) is 6.97. The Morgan fingerprint density at radius 3 is 2.43 bits per heavy atom. The maximum absolute atomic E-state index is 12.3. The highest BCUT2D eigenvalue weighted by atomic mass is 16.5. The molecule has 1 amide bonds. The molecular formula is C16H19N3O4. The van der Waals surface area contributed by atoms with E-state index in [1.807, 2.05) is 0 Å². The smallest absolute Gasteiger partial charge is 0.317 e. The van der Waals surface area contributed by atoms with E-state index in [2.05, 4.69) is 11.9 Å². The number of hydrogen-bond acceptors (Lipinski definition) is 4. The van der Waals surface area contributed by atoms with E-state index in [4.69, 9.17) is 4.74 Å². The molecule has 0 atom stereocenters. The first-order valence-electron chi connectivity index (χ1n) is 7.19. The second-order valence-corrected chi connectivity index (χ2v) is 4.93. The van der Waals surface area contributed by atoms with Crippen molar-refractivity contribution in [2.75, 3.05) is 20.3 Å². The molecule has 0 unspecified atom stereocenters. The summed E-state index contributed by atoms with van der Waals surface area (Å²) in [6.07, 6.45) is 1.55. The normalized spacial score (nSPS) is 10.7. The van der Waals surface area contributed by atoms with E-state index in [9.17, 15) is 14.4 Å². The van der Waals surface area contributed by atoms with Crippen molar-refractivity contribution in [2.24, 2.45) is 0 Å². The van der Waals surface area contributed by atoms with Crippen molar-refractivity contribution in [3.63, 3.8) is 0 Å². The molecule has 0 saturated heterocycles. The molecule has 0 fully saturated rings. The number of carbonyl (C=O) groups is 1. The molecule has 1 heterocycles. The number of amides is 1. The van der Waals surface area contributed by atoms with Gasteiger partial charge in [0.1, 0.15) is 6.54 Å². The quantitative estimate of drug-likeness (QED) is 0.446. The molecule has 0 aliphatic heterocycles. The Morgan fingerprint density at radius 2 is 1.83 bits per heavy atom. The van der Waals surface area contributed by atoms with Gasteiger partial charge in [-0.15, -0.1) is 6.58 Å². The van der Waals surface area contributed by atoms with Gasteiger partial charge in [0.15, 0.2) is 0 Å². The van der Waals surface area contributed by atoms with Crippen LogP contribution in [-0.2, 0) is 22.6 Å². The van der Waals surface area contributed by atoms with Gasteiger partial charge in [0.2, 0.25) is 5.91 Å². The molecule has 7 heteroatoms. The summed E-state index contributed by atoms with van der Waals surface area (Å²) in [4.78, 5) is 36.6. The number of nitrogens with one attached hydrogen (secondary N) is 1. The van der Waals surface area contributed by atoms with Gasteiger partial charge in [-0.2, -0.15) is 0 Å². The van der Waals surface area contributed by atoms with Gasteiger partial charge < -0.3 is 10.1 Å². The minimum Gasteiger partial charge on any atom is -0.383 e. The SMILES string of the molecule is C=CCn1c(=O)c(=O)n(CC(=O)NCCOC)c2ccccc21. The lowest BCUT2D eigenvalue weighted by Crippen LogP contribution is -2.44. The Morgan fingerprint density at radius 1 is 1.22 bits per heavy atom. The third kappa shape index (κ3) is 3.57. The number of nitrogens with zero attached hydrogens (tertiary/aromatic N) is 2. The van der Waals surface area contributed by atoms with Gasteiger partial charge in [-0.1, -0.05) is 18.2 Å². The topological polar surface area (TPSA) is 82.3 Å². The van der Waals surface area contributed by atoms with Gasteiger partial charge in [-0.05, 0) is 12.1 Å². The van der Waals surface area contributed by atoms with Crippen LogP contribution in [0.5, 0.6) is 0 Å². The highest BCUT2D eigenvalue weighted by molar-refractivity contribution is 5.80. The van der Waals surface area contributed by atoms with Crippen molar-refractivity contribution in [1.82, 2.24) is 14.5 Å². The van der Waals surface area contributed by atoms with E-state index in [-0.39, 0.29) is 19.0 Å². The molecule has 0 spiro atoms. The molecule has 0 radical (unpaired) electrons. The van der Waals surface area contributed by atoms with Crippen LogP contribution >= 0.6 is 0 Å². The number of ether oxygens (including phenoxy) is 1. The molecule has 23 heavy (non-hydrogen) atoms. The summed E-state index contributed by atoms with van der Waals surface area (Å²) in [6.45, 7) is 4.34. The number of hydrogen-bond donors (Lipinski definition) is 1. The molecule has 0 bridgehead atoms. The molecule has 2 aromatic rings. The lowest BCUT2D eigenvalue weighted by molar-refractivity contribution is -0.121. The predicted molar refractivity (Wildman–Crippen MR) is 87.6 cm³/mol. The minimum atomic E-state index is -0.729. The molecule has 0 saturated carbocycles. The Bertz CT molecular complexity index is 835. The number of fused-ring (bicyclic) bond motifs is 1. The van der Waals surface area contributed by atoms with E-state index in [1.54, 1.807) is 30.3 Å². The van der Waals surface area contributed by atoms with E-state index in [0.29, 0.717) is 24.2 Å². The number of carbonyl (C=O) groups excluding carboxylic acids is 1. The third-order valence-electron chi connectivity index (χ3n) is 3.38. The Hall–Kier alpha value is -2.67. The zero-order valence-electron chi connectivity index (χ0n) is 12.9. The van der Waals surface area contributed by atoms with Crippen LogP contribution < -0.4 is 16.4 Å². The molecule has 1 N–H and O–H groups in total. The van der Waals surface area contributed by atoms with Crippen LogP contribution in [0.25, 0.3) is 11.0 Å². The molecular weight excluding hydrogens is 298 g/mol. The van der Waals surface area contributed by atoms with Gasteiger partial charge in [-0.3, -0.25) is 23.5 Å². The van der Waals surface area contributed by atoms with Crippen LogP contribution in [0, 0.1) is 0 Å². The van der Waals surface area contributed by atoms with Crippen LogP contribution in [0.2, 0.25) is 0 Å². The number of allylic oxidation sites excluding steroid dienone is 1. The van der Waals surface area contributed by atoms with Crippen molar-refractivity contribution in [1.29, 1.82) is 0 Å². The van der Waals surface area contributed by atoms with Crippen LogP contribution in [0.15, 0.2) is 46.5 Å². The lowest BCUT2D eigenvalue weighted by atomic mass is 10.2. The third-order valence-corrected chi connectivity index (χ3v) is 3.38. The van der Waals surface area contributed by atoms with Gasteiger partial charge in [-0.25, -0.2) is 0 Å². The molecule has 0 aliphatic carbocycles. The number of benzene rings is 1. The van der Waals surface area contributed by atoms with E-state index in [1.165, 1.54) is 16.2 Å². The largest absolute Gasteiger partial charge is 0.383 e. The summed E-state index contributed by atoms with van der Waals surface area (Å²) in [5.74, 6) is -0.352. The lowest BCUT2D eigenvalue weighted by Gasteiger charge is -2.14. The van der Waals surface area contributed by atoms with E-state index in [0.717, 1.165) is 0 Å². The second-order valence-electron chi connectivity index (χ2n) is 4.93. The average Bonchev–Trinajstić information content (AvgIpc) is 2.56. The Balaban J connectivity index is 2.48. The minimum absolute atomic E-state index is 0.215. The first-order chi connectivity index (χ1) is 11.1. The zero-order valence-corrected chi connectivity index (χ0v) is 12.9. The number of methoxy groups -OCH3 is 1. The van der Waals surface area contributed by atoms with Gasteiger partial charge in [0, 0.05) is 20.2 Å². The average molecular weight is 317 g/mol. The van der Waals surface area contributed by atoms with Crippen LogP contribution in [0.3, 0.4) is 0 Å². The number of rotatable bonds is 7. The Labute approximate surface area is 132 Å². The van der Waals surface area contributed by atoms with Crippen molar-refractivity contribution in [3.8, 4) is 0 Å². The number of para-hydroxylation sites is 2. The standard InChI is InChI=1S/C16H19N3O4/c1-3-9-18-12-6-4-5-7-13(12)19(16(22)15(18)21)11-14(20)17-8-10-23-2/h3-7H,1,8-11H2,2H3,(H,17,20). The molecule has 1 aromatic heterocycles. The molecule has 0 aliphatic rings. The highest BCUT2D eigenvalue weighted by Crippen LogP contribution is 2.10.